The molecule has 0 spiro atoms. The highest BCUT2D eigenvalue weighted by atomic mass is 32.2. The normalized spacial score (nSPS) is 29.4. The van der Waals surface area contributed by atoms with Crippen LogP contribution in [-0.4, -0.2) is 86.2 Å². The van der Waals surface area contributed by atoms with E-state index in [1.54, 1.807) is 11.8 Å². The summed E-state index contributed by atoms with van der Waals surface area (Å²) in [5.41, 5.74) is -0.206. The van der Waals surface area contributed by atoms with E-state index in [2.05, 4.69) is 20.8 Å². The highest BCUT2D eigenvalue weighted by Gasteiger charge is 2.53. The number of ether oxygens (including phenoxy) is 4. The van der Waals surface area contributed by atoms with E-state index >= 15 is 0 Å². The number of amidine groups is 1. The monoisotopic (exact) mass is 444 g/mol. The minimum Gasteiger partial charge on any atom is -0.373 e. The van der Waals surface area contributed by atoms with Crippen molar-refractivity contribution in [1.82, 2.24) is 4.90 Å². The first-order valence-corrected chi connectivity index (χ1v) is 12.3. The third-order valence-corrected chi connectivity index (χ3v) is 6.60. The van der Waals surface area contributed by atoms with Crippen molar-refractivity contribution in [2.75, 3.05) is 33.9 Å². The summed E-state index contributed by atoms with van der Waals surface area (Å²) in [7, 11) is 3.95. The van der Waals surface area contributed by atoms with Crippen LogP contribution < -0.4 is 0 Å². The molecule has 30 heavy (non-hydrogen) atoms. The third-order valence-electron chi connectivity index (χ3n) is 5.30. The minimum absolute atomic E-state index is 0.157. The Balaban J connectivity index is 2.26. The average molecular weight is 445 g/mol. The second kappa shape index (κ2) is 13.7. The molecule has 0 saturated carbocycles. The lowest BCUT2D eigenvalue weighted by Crippen LogP contribution is -2.61. The van der Waals surface area contributed by atoms with Gasteiger partial charge in [0.15, 0.2) is 11.5 Å². The summed E-state index contributed by atoms with van der Waals surface area (Å²) in [5.74, 6) is 0. The molecule has 1 saturated heterocycles. The Bertz CT molecular complexity index is 534. The van der Waals surface area contributed by atoms with E-state index in [0.717, 1.165) is 50.0 Å². The lowest BCUT2D eigenvalue weighted by Gasteiger charge is -2.44. The number of carbonyl (C=O) groups is 1. The minimum atomic E-state index is -0.676. The van der Waals surface area contributed by atoms with Crippen LogP contribution in [0.2, 0.25) is 0 Å². The molecule has 174 valence electrons. The van der Waals surface area contributed by atoms with Crippen molar-refractivity contribution in [1.29, 1.82) is 0 Å². The van der Waals surface area contributed by atoms with E-state index < -0.39 is 18.3 Å². The molecule has 0 N–H and O–H groups in total. The molecular formula is C22H40N2O5S. The van der Waals surface area contributed by atoms with Gasteiger partial charge in [0.05, 0.1) is 0 Å². The molecule has 0 aromatic rings. The number of nitrogens with zero attached hydrogens (tertiary/aromatic N) is 2. The number of aldehydes is 1. The van der Waals surface area contributed by atoms with Crippen molar-refractivity contribution in [2.45, 2.75) is 95.2 Å². The van der Waals surface area contributed by atoms with Gasteiger partial charge in [-0.25, -0.2) is 0 Å². The van der Waals surface area contributed by atoms with Crippen LogP contribution >= 0.6 is 11.8 Å². The molecule has 1 fully saturated rings. The zero-order valence-electron chi connectivity index (χ0n) is 19.2. The maximum Gasteiger partial charge on any atom is 0.161 e. The van der Waals surface area contributed by atoms with Crippen molar-refractivity contribution in [3.05, 3.63) is 0 Å². The Morgan fingerprint density at radius 1 is 1.03 bits per heavy atom. The van der Waals surface area contributed by atoms with Gasteiger partial charge < -0.3 is 28.6 Å². The molecule has 2 aliphatic rings. The summed E-state index contributed by atoms with van der Waals surface area (Å²) in [6, 6.07) is -0.157. The van der Waals surface area contributed by atoms with E-state index in [1.165, 1.54) is 0 Å². The summed E-state index contributed by atoms with van der Waals surface area (Å²) in [6.07, 6.45) is 4.95. The fourth-order valence-corrected chi connectivity index (χ4v) is 4.65. The topological polar surface area (TPSA) is 69.6 Å². The van der Waals surface area contributed by atoms with Crippen molar-refractivity contribution in [2.24, 2.45) is 4.99 Å². The second-order valence-electron chi connectivity index (χ2n) is 8.09. The van der Waals surface area contributed by atoms with Crippen LogP contribution in [-0.2, 0) is 23.7 Å². The molecule has 8 heteroatoms. The number of aliphatic imine (C=N–C) groups is 1. The van der Waals surface area contributed by atoms with E-state index in [9.17, 15) is 4.79 Å². The van der Waals surface area contributed by atoms with Crippen LogP contribution in [0.5, 0.6) is 0 Å². The lowest BCUT2D eigenvalue weighted by atomic mass is 9.94. The smallest absolute Gasteiger partial charge is 0.161 e. The van der Waals surface area contributed by atoms with Crippen molar-refractivity contribution in [3.63, 3.8) is 0 Å². The van der Waals surface area contributed by atoms with Crippen molar-refractivity contribution >= 4 is 23.2 Å². The molecule has 2 aliphatic heterocycles. The zero-order valence-corrected chi connectivity index (χ0v) is 20.1. The standard InChI is InChI=1S/C22H40N2O5S/c1-6-9-12-26-16(15-25)18-20(28-14-11-8-3)19(27-13-10-7-2)17-21(29-18)30-22(23-17)24(4)5/h15-21H,6-14H2,1-5H3/t16?,17-,18-,19-,20-,21-/m1/s1. The second-order valence-corrected chi connectivity index (χ2v) is 9.15. The van der Waals surface area contributed by atoms with Gasteiger partial charge in [-0.3, -0.25) is 4.99 Å². The van der Waals surface area contributed by atoms with Gasteiger partial charge >= 0.3 is 0 Å². The molecule has 7 nitrogen and oxygen atoms in total. The number of carbonyl (C=O) groups excluding carboxylic acids is 1. The SMILES string of the molecule is CCCCOC(C=O)[C@H]1O[C@@H]2SC(N(C)C)=N[C@@H]2[C@@H](OCCCC)[C@@H]1OCCCC. The van der Waals surface area contributed by atoms with Gasteiger partial charge in [-0.2, -0.15) is 0 Å². The molecule has 6 atom stereocenters. The van der Waals surface area contributed by atoms with E-state index in [-0.39, 0.29) is 17.6 Å². The molecule has 1 unspecified atom stereocenters. The Hall–Kier alpha value is -0.670. The maximum absolute atomic E-state index is 12.0. The molecule has 0 aromatic heterocycles. The Morgan fingerprint density at radius 2 is 1.63 bits per heavy atom. The summed E-state index contributed by atoms with van der Waals surface area (Å²) in [6.45, 7) is 8.15. The summed E-state index contributed by atoms with van der Waals surface area (Å²) < 4.78 is 25.0. The number of hydrogen-bond acceptors (Lipinski definition) is 8. The van der Waals surface area contributed by atoms with Crippen molar-refractivity contribution < 1.29 is 23.7 Å². The molecule has 0 aromatic carbocycles. The van der Waals surface area contributed by atoms with Gasteiger partial charge in [0.25, 0.3) is 0 Å². The first-order chi connectivity index (χ1) is 14.6. The van der Waals surface area contributed by atoms with E-state index in [0.29, 0.717) is 19.8 Å². The zero-order chi connectivity index (χ0) is 21.9. The van der Waals surface area contributed by atoms with Gasteiger partial charge in [-0.15, -0.1) is 0 Å². The molecular weight excluding hydrogens is 404 g/mol. The van der Waals surface area contributed by atoms with Crippen LogP contribution in [0, 0.1) is 0 Å². The molecule has 0 radical (unpaired) electrons. The van der Waals surface area contributed by atoms with E-state index in [4.69, 9.17) is 23.9 Å². The van der Waals surface area contributed by atoms with Gasteiger partial charge in [-0.1, -0.05) is 51.8 Å². The van der Waals surface area contributed by atoms with Crippen LogP contribution in [0.4, 0.5) is 0 Å². The fraction of sp³-hybridized carbons (Fsp3) is 0.909. The largest absolute Gasteiger partial charge is 0.373 e. The summed E-state index contributed by atoms with van der Waals surface area (Å²) in [5, 5.41) is 0.914. The molecule has 2 rings (SSSR count). The van der Waals surface area contributed by atoms with Gasteiger partial charge in [0.2, 0.25) is 0 Å². The summed E-state index contributed by atoms with van der Waals surface area (Å²) >= 11 is 1.58. The van der Waals surface area contributed by atoms with E-state index in [1.807, 2.05) is 19.0 Å². The Kier molecular flexibility index (Phi) is 11.7. The fourth-order valence-electron chi connectivity index (χ4n) is 3.51. The van der Waals surface area contributed by atoms with Gasteiger partial charge in [0.1, 0.15) is 35.9 Å². The van der Waals surface area contributed by atoms with Crippen LogP contribution in [0.25, 0.3) is 0 Å². The Labute approximate surface area is 186 Å². The molecule has 0 amide bonds. The van der Waals surface area contributed by atoms with Crippen LogP contribution in [0.3, 0.4) is 0 Å². The Morgan fingerprint density at radius 3 is 2.20 bits per heavy atom. The first-order valence-electron chi connectivity index (χ1n) is 11.4. The molecule has 0 bridgehead atoms. The number of unbranched alkanes of at least 4 members (excludes halogenated alkanes) is 3. The van der Waals surface area contributed by atoms with Crippen LogP contribution in [0.15, 0.2) is 4.99 Å². The highest BCUT2D eigenvalue weighted by molar-refractivity contribution is 8.14. The number of thioether (sulfide) groups is 1. The average Bonchev–Trinajstić information content (AvgIpc) is 3.17. The third kappa shape index (κ3) is 6.92. The quantitative estimate of drug-likeness (QED) is 0.300. The van der Waals surface area contributed by atoms with Crippen LogP contribution in [0.1, 0.15) is 59.3 Å². The maximum atomic E-state index is 12.0. The highest BCUT2D eigenvalue weighted by Crippen LogP contribution is 2.40. The van der Waals surface area contributed by atoms with Crippen molar-refractivity contribution in [3.8, 4) is 0 Å². The van der Waals surface area contributed by atoms with Gasteiger partial charge in [-0.05, 0) is 19.3 Å². The molecule has 2 heterocycles. The first kappa shape index (κ1) is 25.6. The summed E-state index contributed by atoms with van der Waals surface area (Å²) in [4.78, 5) is 18.8. The number of rotatable bonds is 14. The molecule has 0 aliphatic carbocycles. The van der Waals surface area contributed by atoms with Gasteiger partial charge in [0, 0.05) is 33.9 Å². The predicted molar refractivity (Wildman–Crippen MR) is 121 cm³/mol. The number of hydrogen-bond donors (Lipinski definition) is 0. The number of fused-ring (bicyclic) bond motifs is 1. The predicted octanol–water partition coefficient (Wildman–Crippen LogP) is 3.50. The lowest BCUT2D eigenvalue weighted by molar-refractivity contribution is -0.217.